The summed E-state index contributed by atoms with van der Waals surface area (Å²) in [5.41, 5.74) is 0.204. The molecule has 0 saturated heterocycles. The van der Waals surface area contributed by atoms with E-state index in [2.05, 4.69) is 4.74 Å². The predicted octanol–water partition coefficient (Wildman–Crippen LogP) is 2.68. The lowest BCUT2D eigenvalue weighted by Gasteiger charge is -2.14. The third-order valence-electron chi connectivity index (χ3n) is 3.29. The van der Waals surface area contributed by atoms with E-state index in [1.165, 1.54) is 44.6 Å². The molecule has 126 valence electrons. The molecule has 1 atom stereocenters. The zero-order valence-electron chi connectivity index (χ0n) is 13.1. The van der Waals surface area contributed by atoms with Gasteiger partial charge in [0, 0.05) is 6.07 Å². The van der Waals surface area contributed by atoms with Crippen LogP contribution in [0.4, 0.5) is 4.79 Å². The highest BCUT2D eigenvalue weighted by Crippen LogP contribution is 2.30. The molecule has 24 heavy (non-hydrogen) atoms. The Kier molecular flexibility index (Phi) is 5.39. The third kappa shape index (κ3) is 3.82. The van der Waals surface area contributed by atoms with E-state index >= 15 is 0 Å². The smallest absolute Gasteiger partial charge is 0.497 e. The molecule has 2 N–H and O–H groups in total. The zero-order valence-corrected chi connectivity index (χ0v) is 13.1. The molecule has 2 aromatic rings. The number of carbonyl (C=O) groups is 2. The van der Waals surface area contributed by atoms with Crippen LogP contribution in [0.3, 0.4) is 0 Å². The van der Waals surface area contributed by atoms with Gasteiger partial charge >= 0.3 is 6.16 Å². The van der Waals surface area contributed by atoms with Gasteiger partial charge in [0.1, 0.15) is 23.4 Å². The van der Waals surface area contributed by atoms with Gasteiger partial charge in [-0.3, -0.25) is 4.79 Å². The van der Waals surface area contributed by atoms with Crippen molar-refractivity contribution in [2.24, 2.45) is 0 Å². The number of Topliss-reactive ketones (excluding diaryl/α,β-unsaturated/α-hetero) is 1. The van der Waals surface area contributed by atoms with Crippen LogP contribution >= 0.6 is 0 Å². The number of methoxy groups -OCH3 is 2. The van der Waals surface area contributed by atoms with E-state index in [4.69, 9.17) is 14.6 Å². The highest BCUT2D eigenvalue weighted by atomic mass is 16.7. The van der Waals surface area contributed by atoms with Gasteiger partial charge in [-0.2, -0.15) is 0 Å². The molecule has 0 aliphatic rings. The molecule has 7 heteroatoms. The summed E-state index contributed by atoms with van der Waals surface area (Å²) >= 11 is 0. The van der Waals surface area contributed by atoms with Crippen LogP contribution in [0.2, 0.25) is 0 Å². The molecule has 0 saturated carbocycles. The van der Waals surface area contributed by atoms with Gasteiger partial charge in [-0.05, 0) is 29.8 Å². The number of carbonyl (C=O) groups excluding carboxylic acids is 1. The van der Waals surface area contributed by atoms with E-state index in [0.717, 1.165) is 0 Å². The topological polar surface area (TPSA) is 102 Å². The van der Waals surface area contributed by atoms with Crippen LogP contribution in [0, 0.1) is 0 Å². The van der Waals surface area contributed by atoms with Gasteiger partial charge in [0.25, 0.3) is 0 Å². The molecule has 0 bridgehead atoms. The first-order valence-corrected chi connectivity index (χ1v) is 6.91. The second-order valence-corrected chi connectivity index (χ2v) is 4.78. The fourth-order valence-corrected chi connectivity index (χ4v) is 2.14. The Balaban J connectivity index is 2.38. The van der Waals surface area contributed by atoms with Gasteiger partial charge in [-0.1, -0.05) is 12.1 Å². The highest BCUT2D eigenvalue weighted by molar-refractivity contribution is 6.02. The van der Waals surface area contributed by atoms with Crippen LogP contribution < -0.4 is 14.2 Å². The molecule has 0 fully saturated rings. The lowest BCUT2D eigenvalue weighted by Crippen LogP contribution is -2.15. The van der Waals surface area contributed by atoms with Crippen molar-refractivity contribution in [3.63, 3.8) is 0 Å². The number of aliphatic hydroxyl groups excluding tert-OH is 1. The summed E-state index contributed by atoms with van der Waals surface area (Å²) < 4.78 is 14.8. The standard InChI is InChI=1S/C17H16O7/c1-22-11-7-10(8-12(9-11)23-2)15(18)16(19)13-5-3-4-6-14(13)24-17(20)21/h3-9,15,18H,1-2H3,(H,20,21). The van der Waals surface area contributed by atoms with Crippen molar-refractivity contribution in [3.8, 4) is 17.2 Å². The Labute approximate surface area is 138 Å². The van der Waals surface area contributed by atoms with E-state index in [-0.39, 0.29) is 16.9 Å². The maximum Gasteiger partial charge on any atom is 0.511 e. The molecule has 0 spiro atoms. The summed E-state index contributed by atoms with van der Waals surface area (Å²) in [4.78, 5) is 23.3. The second kappa shape index (κ2) is 7.47. The summed E-state index contributed by atoms with van der Waals surface area (Å²) in [6, 6.07) is 10.4. The van der Waals surface area contributed by atoms with E-state index < -0.39 is 18.0 Å². The first-order valence-electron chi connectivity index (χ1n) is 6.91. The number of para-hydroxylation sites is 1. The summed E-state index contributed by atoms with van der Waals surface area (Å²) in [5, 5.41) is 19.1. The fraction of sp³-hybridized carbons (Fsp3) is 0.176. The minimum absolute atomic E-state index is 0.0470. The number of hydrogen-bond acceptors (Lipinski definition) is 6. The number of ether oxygens (including phenoxy) is 3. The van der Waals surface area contributed by atoms with Crippen molar-refractivity contribution in [1.82, 2.24) is 0 Å². The monoisotopic (exact) mass is 332 g/mol. The number of benzene rings is 2. The fourth-order valence-electron chi connectivity index (χ4n) is 2.14. The minimum Gasteiger partial charge on any atom is -0.497 e. The Hall–Kier alpha value is -3.06. The normalized spacial score (nSPS) is 11.5. The van der Waals surface area contributed by atoms with Crippen LogP contribution in [-0.4, -0.2) is 36.4 Å². The van der Waals surface area contributed by atoms with Crippen LogP contribution in [0.25, 0.3) is 0 Å². The molecule has 0 amide bonds. The van der Waals surface area contributed by atoms with Crippen molar-refractivity contribution >= 4 is 11.9 Å². The third-order valence-corrected chi connectivity index (χ3v) is 3.29. The molecule has 0 aromatic heterocycles. The van der Waals surface area contributed by atoms with Crippen molar-refractivity contribution in [2.75, 3.05) is 14.2 Å². The lowest BCUT2D eigenvalue weighted by atomic mass is 9.99. The van der Waals surface area contributed by atoms with Gasteiger partial charge in [-0.25, -0.2) is 4.79 Å². The van der Waals surface area contributed by atoms with Gasteiger partial charge in [0.15, 0.2) is 5.78 Å². The molecule has 0 radical (unpaired) electrons. The summed E-state index contributed by atoms with van der Waals surface area (Å²) in [6.45, 7) is 0. The first-order chi connectivity index (χ1) is 11.5. The van der Waals surface area contributed by atoms with Crippen LogP contribution in [0.1, 0.15) is 22.0 Å². The molecule has 0 heterocycles. The Bertz CT molecular complexity index is 732. The quantitative estimate of drug-likeness (QED) is 0.476. The van der Waals surface area contributed by atoms with Gasteiger partial charge in [-0.15, -0.1) is 0 Å². The number of hydrogen-bond donors (Lipinski definition) is 2. The molecule has 2 aromatic carbocycles. The average molecular weight is 332 g/mol. The number of aliphatic hydroxyl groups is 1. The van der Waals surface area contributed by atoms with Crippen LogP contribution in [-0.2, 0) is 0 Å². The van der Waals surface area contributed by atoms with Crippen molar-refractivity contribution < 1.29 is 34.0 Å². The van der Waals surface area contributed by atoms with Crippen LogP contribution in [0.15, 0.2) is 42.5 Å². The second-order valence-electron chi connectivity index (χ2n) is 4.78. The van der Waals surface area contributed by atoms with Gasteiger partial charge in [0.2, 0.25) is 0 Å². The lowest BCUT2D eigenvalue weighted by molar-refractivity contribution is 0.0743. The highest BCUT2D eigenvalue weighted by Gasteiger charge is 2.24. The Morgan fingerprint density at radius 1 is 1.00 bits per heavy atom. The van der Waals surface area contributed by atoms with E-state index in [9.17, 15) is 14.7 Å². The molecule has 0 aliphatic heterocycles. The molecule has 1 unspecified atom stereocenters. The Morgan fingerprint density at radius 3 is 2.12 bits per heavy atom. The van der Waals surface area contributed by atoms with E-state index in [0.29, 0.717) is 11.5 Å². The van der Waals surface area contributed by atoms with Crippen molar-refractivity contribution in [2.45, 2.75) is 6.10 Å². The van der Waals surface area contributed by atoms with Gasteiger partial charge < -0.3 is 24.4 Å². The summed E-state index contributed by atoms with van der Waals surface area (Å²) in [7, 11) is 2.89. The van der Waals surface area contributed by atoms with Gasteiger partial charge in [0.05, 0.1) is 19.8 Å². The number of carboxylic acid groups (broad SMARTS) is 1. The summed E-state index contributed by atoms with van der Waals surface area (Å²) in [5.74, 6) is -0.0383. The van der Waals surface area contributed by atoms with Crippen molar-refractivity contribution in [3.05, 3.63) is 53.6 Å². The largest absolute Gasteiger partial charge is 0.511 e. The molecular weight excluding hydrogens is 316 g/mol. The number of ketones is 1. The number of rotatable bonds is 6. The maximum atomic E-state index is 12.5. The zero-order chi connectivity index (χ0) is 17.7. The molecule has 7 nitrogen and oxygen atoms in total. The predicted molar refractivity (Wildman–Crippen MR) is 83.9 cm³/mol. The maximum absolute atomic E-state index is 12.5. The summed E-state index contributed by atoms with van der Waals surface area (Å²) in [6.07, 6.45) is -3.08. The van der Waals surface area contributed by atoms with E-state index in [1.807, 2.05) is 0 Å². The SMILES string of the molecule is COc1cc(OC)cc(C(O)C(=O)c2ccccc2OC(=O)O)c1. The first kappa shape index (κ1) is 17.3. The molecular formula is C17H16O7. The average Bonchev–Trinajstić information content (AvgIpc) is 2.59. The molecule has 0 aliphatic carbocycles. The molecule has 2 rings (SSSR count). The minimum atomic E-state index is -1.55. The van der Waals surface area contributed by atoms with E-state index in [1.54, 1.807) is 12.1 Å². The van der Waals surface area contributed by atoms with Crippen LogP contribution in [0.5, 0.6) is 17.2 Å². The van der Waals surface area contributed by atoms with Crippen molar-refractivity contribution in [1.29, 1.82) is 0 Å². The Morgan fingerprint density at radius 2 is 1.58 bits per heavy atom.